The molecule has 2 aromatic rings. The van der Waals surface area contributed by atoms with Gasteiger partial charge in [-0.1, -0.05) is 20.8 Å². The Labute approximate surface area is 266 Å². The van der Waals surface area contributed by atoms with E-state index >= 15 is 0 Å². The number of fused-ring (bicyclic) bond motifs is 1. The molecule has 0 spiro atoms. The second-order valence-corrected chi connectivity index (χ2v) is 18.7. The largest absolute Gasteiger partial charge is 0.564 e. The summed E-state index contributed by atoms with van der Waals surface area (Å²) in [5, 5.41) is 3.05. The Kier molecular flexibility index (Phi) is 10.2. The van der Waals surface area contributed by atoms with Crippen molar-refractivity contribution in [2.75, 3.05) is 40.0 Å². The van der Waals surface area contributed by atoms with Crippen LogP contribution in [-0.2, 0) is 15.7 Å². The van der Waals surface area contributed by atoms with Crippen molar-refractivity contribution in [1.29, 1.82) is 0 Å². The fourth-order valence-electron chi connectivity index (χ4n) is 5.68. The molecule has 12 heteroatoms. The Morgan fingerprint density at radius 2 is 1.91 bits per heavy atom. The summed E-state index contributed by atoms with van der Waals surface area (Å²) in [6.45, 7) is 13.4. The summed E-state index contributed by atoms with van der Waals surface area (Å²) >= 11 is 0. The zero-order valence-corrected chi connectivity index (χ0v) is 28.5. The highest BCUT2D eigenvalue weighted by molar-refractivity contribution is 6.74. The summed E-state index contributed by atoms with van der Waals surface area (Å²) < 4.78 is 51.8. The second-order valence-electron chi connectivity index (χ2n) is 13.9. The molecule has 45 heavy (non-hydrogen) atoms. The van der Waals surface area contributed by atoms with Crippen LogP contribution in [0.2, 0.25) is 18.1 Å². The quantitative estimate of drug-likeness (QED) is 0.247. The molecule has 5 rings (SSSR count). The summed E-state index contributed by atoms with van der Waals surface area (Å²) in [5.74, 6) is 1.53. The lowest BCUT2D eigenvalue weighted by molar-refractivity contribution is -0.0502. The van der Waals surface area contributed by atoms with Gasteiger partial charge in [0.2, 0.25) is 0 Å². The number of carbonyl (C=O) groups is 1. The van der Waals surface area contributed by atoms with E-state index in [1.807, 2.05) is 10.6 Å². The van der Waals surface area contributed by atoms with Gasteiger partial charge in [-0.3, -0.25) is 4.79 Å². The lowest BCUT2D eigenvalue weighted by Gasteiger charge is -2.49. The Morgan fingerprint density at radius 1 is 1.16 bits per heavy atom. The molecule has 9 nitrogen and oxygen atoms in total. The van der Waals surface area contributed by atoms with E-state index < -0.39 is 20.8 Å². The fourth-order valence-corrected chi connectivity index (χ4v) is 6.72. The number of methoxy groups -OCH3 is 1. The number of allylic oxidation sites excluding steroid dienone is 1. The minimum absolute atomic E-state index is 0.0354. The van der Waals surface area contributed by atoms with Crippen molar-refractivity contribution in [2.45, 2.75) is 90.2 Å². The second kappa shape index (κ2) is 13.8. The molecule has 1 aromatic heterocycles. The smallest absolute Gasteiger partial charge is 0.387 e. The SMILES string of the molecule is COc1cc(-c2cnc3n2CCC(OC[C@@H]2CCCN(CCO[Si-](C)(C)C(C)(C)C)C2)=C3)cc(OC(F)F)c1C(=O)NC1CC1. The van der Waals surface area contributed by atoms with Crippen LogP contribution in [0.15, 0.2) is 24.1 Å². The zero-order valence-electron chi connectivity index (χ0n) is 27.5. The van der Waals surface area contributed by atoms with E-state index in [9.17, 15) is 13.6 Å². The maximum absolute atomic E-state index is 13.4. The van der Waals surface area contributed by atoms with Gasteiger partial charge in [0, 0.05) is 56.3 Å². The van der Waals surface area contributed by atoms with Crippen LogP contribution < -0.4 is 14.8 Å². The molecule has 0 unspecified atom stereocenters. The van der Waals surface area contributed by atoms with E-state index in [-0.39, 0.29) is 28.1 Å². The van der Waals surface area contributed by atoms with Crippen LogP contribution >= 0.6 is 0 Å². The van der Waals surface area contributed by atoms with Gasteiger partial charge in [-0.15, -0.1) is 18.1 Å². The molecule has 0 radical (unpaired) electrons. The van der Waals surface area contributed by atoms with E-state index in [4.69, 9.17) is 18.6 Å². The molecule has 2 aliphatic heterocycles. The predicted molar refractivity (Wildman–Crippen MR) is 172 cm³/mol. The minimum atomic E-state index is -3.09. The predicted octanol–water partition coefficient (Wildman–Crippen LogP) is 6.55. The number of aromatic nitrogens is 2. The molecule has 1 saturated heterocycles. The van der Waals surface area contributed by atoms with Crippen molar-refractivity contribution < 1.29 is 32.2 Å². The highest BCUT2D eigenvalue weighted by Crippen LogP contribution is 2.39. The van der Waals surface area contributed by atoms with Gasteiger partial charge >= 0.3 is 6.61 Å². The fraction of sp³-hybridized carbons (Fsp3) is 0.636. The van der Waals surface area contributed by atoms with Gasteiger partial charge in [-0.05, 0) is 52.7 Å². The molecule has 249 valence electrons. The molecule has 1 saturated carbocycles. The molecular formula is C33H48F2N4O5Si-. The van der Waals surface area contributed by atoms with Crippen molar-refractivity contribution >= 4 is 20.3 Å². The molecule has 1 N–H and O–H groups in total. The van der Waals surface area contributed by atoms with Gasteiger partial charge in [0.25, 0.3) is 5.91 Å². The number of hydrogen-bond donors (Lipinski definition) is 1. The number of piperidine rings is 1. The normalized spacial score (nSPS) is 19.2. The molecule has 2 fully saturated rings. The summed E-state index contributed by atoms with van der Waals surface area (Å²) in [6.07, 6.45) is 8.37. The Hall–Kier alpha value is -2.96. The summed E-state index contributed by atoms with van der Waals surface area (Å²) in [7, 11) is -0.335. The first-order chi connectivity index (χ1) is 21.3. The Bertz CT molecular complexity index is 1390. The number of likely N-dealkylation sites (tertiary alicyclic amines) is 1. The highest BCUT2D eigenvalue weighted by Gasteiger charge is 2.30. The lowest BCUT2D eigenvalue weighted by atomic mass is 9.99. The third-order valence-corrected chi connectivity index (χ3v) is 14.0. The summed E-state index contributed by atoms with van der Waals surface area (Å²) in [4.78, 5) is 20.0. The summed E-state index contributed by atoms with van der Waals surface area (Å²) in [6, 6.07) is 3.19. The van der Waals surface area contributed by atoms with E-state index in [0.29, 0.717) is 31.1 Å². The number of alkyl halides is 2. The Balaban J connectivity index is 1.22. The van der Waals surface area contributed by atoms with Crippen LogP contribution in [0, 0.1) is 5.92 Å². The van der Waals surface area contributed by atoms with Crippen LogP contribution in [0.3, 0.4) is 0 Å². The third-order valence-electron chi connectivity index (χ3n) is 9.48. The molecule has 1 aromatic carbocycles. The first-order valence-corrected chi connectivity index (χ1v) is 19.0. The van der Waals surface area contributed by atoms with E-state index in [1.165, 1.54) is 13.2 Å². The zero-order chi connectivity index (χ0) is 32.4. The number of ether oxygens (including phenoxy) is 3. The number of carbonyl (C=O) groups excluding carboxylic acids is 1. The molecule has 0 bridgehead atoms. The average Bonchev–Trinajstić information content (AvgIpc) is 3.69. The van der Waals surface area contributed by atoms with Crippen LogP contribution in [0.1, 0.15) is 69.1 Å². The molecule has 1 amide bonds. The maximum Gasteiger partial charge on any atom is 0.387 e. The number of imidazole rings is 1. The van der Waals surface area contributed by atoms with Crippen LogP contribution in [0.5, 0.6) is 11.5 Å². The first kappa shape index (κ1) is 33.4. The number of benzene rings is 1. The number of nitrogens with one attached hydrogen (secondary N) is 1. The monoisotopic (exact) mass is 646 g/mol. The van der Waals surface area contributed by atoms with Gasteiger partial charge in [0.15, 0.2) is 0 Å². The molecule has 1 atom stereocenters. The molecular weight excluding hydrogens is 598 g/mol. The van der Waals surface area contributed by atoms with Gasteiger partial charge < -0.3 is 33.4 Å². The Morgan fingerprint density at radius 3 is 2.60 bits per heavy atom. The highest BCUT2D eigenvalue weighted by atomic mass is 28.4. The van der Waals surface area contributed by atoms with E-state index in [2.05, 4.69) is 49.1 Å². The number of rotatable bonds is 13. The molecule has 3 heterocycles. The van der Waals surface area contributed by atoms with Crippen LogP contribution in [0.25, 0.3) is 17.3 Å². The van der Waals surface area contributed by atoms with Crippen molar-refractivity contribution in [3.05, 3.63) is 35.5 Å². The third kappa shape index (κ3) is 8.26. The first-order valence-electron chi connectivity index (χ1n) is 16.1. The van der Waals surface area contributed by atoms with Gasteiger partial charge in [0.1, 0.15) is 28.6 Å². The standard InChI is InChI=1S/C33H48F2N4O5Si/c1-33(2,3)45(5,6)43-15-14-38-12-7-8-22(20-38)21-42-25-11-13-39-26(19-36-29(39)18-25)23-16-27(41-4)30(28(17-23)44-32(34)35)31(40)37-24-9-10-24/h16-19,22,24,32H,7-15,20-21H2,1-6H3,(H,37,40)/q-1/t22-/m1/s1. The average molecular weight is 647 g/mol. The van der Waals surface area contributed by atoms with Crippen molar-refractivity contribution in [3.63, 3.8) is 0 Å². The minimum Gasteiger partial charge on any atom is -0.564 e. The van der Waals surface area contributed by atoms with Gasteiger partial charge in [-0.25, -0.2) is 4.98 Å². The lowest BCUT2D eigenvalue weighted by Crippen LogP contribution is -2.44. The van der Waals surface area contributed by atoms with E-state index in [0.717, 1.165) is 69.2 Å². The van der Waals surface area contributed by atoms with Gasteiger partial charge in [-0.2, -0.15) is 8.78 Å². The topological polar surface area (TPSA) is 87.1 Å². The van der Waals surface area contributed by atoms with E-state index in [1.54, 1.807) is 12.3 Å². The number of amides is 1. The summed E-state index contributed by atoms with van der Waals surface area (Å²) in [5.41, 5.74) is 1.25. The van der Waals surface area contributed by atoms with Crippen molar-refractivity contribution in [3.8, 4) is 22.8 Å². The van der Waals surface area contributed by atoms with Crippen LogP contribution in [-0.4, -0.2) is 81.3 Å². The van der Waals surface area contributed by atoms with Crippen LogP contribution in [0.4, 0.5) is 8.78 Å². The van der Waals surface area contributed by atoms with Crippen molar-refractivity contribution in [2.24, 2.45) is 5.92 Å². The molecule has 1 aliphatic carbocycles. The maximum atomic E-state index is 13.4. The number of halogens is 2. The molecule has 3 aliphatic rings. The van der Waals surface area contributed by atoms with Gasteiger partial charge in [0.05, 0.1) is 25.6 Å². The van der Waals surface area contributed by atoms with Crippen molar-refractivity contribution in [1.82, 2.24) is 19.8 Å². The number of nitrogens with zero attached hydrogens (tertiary/aromatic N) is 3. The number of hydrogen-bond acceptors (Lipinski definition) is 7.